The van der Waals surface area contributed by atoms with Gasteiger partial charge in [-0.05, 0) is 70.4 Å². The minimum Gasteiger partial charge on any atom is -0.257 e. The molecule has 1 fully saturated rings. The van der Waals surface area contributed by atoms with Gasteiger partial charge in [0, 0.05) is 17.7 Å². The monoisotopic (exact) mass is 384 g/mol. The number of nitriles is 1. The van der Waals surface area contributed by atoms with Crippen LogP contribution >= 0.6 is 0 Å². The second kappa shape index (κ2) is 7.59. The summed E-state index contributed by atoms with van der Waals surface area (Å²) in [5, 5.41) is 9.07. The molecular formula is C22H28N2O2S. The molecular weight excluding hydrogens is 356 g/mol. The van der Waals surface area contributed by atoms with Crippen LogP contribution in [0.2, 0.25) is 0 Å². The van der Waals surface area contributed by atoms with Crippen molar-refractivity contribution in [1.82, 2.24) is 0 Å². The lowest BCUT2D eigenvalue weighted by Gasteiger charge is -2.30. The van der Waals surface area contributed by atoms with Gasteiger partial charge in [-0.3, -0.25) is 4.99 Å². The largest absolute Gasteiger partial charge is 0.257 e. The highest BCUT2D eigenvalue weighted by molar-refractivity contribution is 7.92. The number of aliphatic imine (C=N–C) groups is 1. The van der Waals surface area contributed by atoms with E-state index in [9.17, 15) is 8.42 Å². The van der Waals surface area contributed by atoms with Gasteiger partial charge in [0.15, 0.2) is 9.84 Å². The molecule has 1 aromatic rings. The van der Waals surface area contributed by atoms with Crippen molar-refractivity contribution >= 4 is 21.2 Å². The van der Waals surface area contributed by atoms with Crippen molar-refractivity contribution < 1.29 is 8.42 Å². The van der Waals surface area contributed by atoms with Gasteiger partial charge < -0.3 is 0 Å². The average Bonchev–Trinajstić information content (AvgIpc) is 3.11. The predicted molar refractivity (Wildman–Crippen MR) is 110 cm³/mol. The van der Waals surface area contributed by atoms with Gasteiger partial charge in [-0.25, -0.2) is 8.42 Å². The van der Waals surface area contributed by atoms with Gasteiger partial charge >= 0.3 is 0 Å². The molecule has 0 aromatic heterocycles. The Morgan fingerprint density at radius 1 is 1.19 bits per heavy atom. The SMILES string of the molecule is CC(C)(C)S(=O)(=O)CC1CCC(C2=NC(c3cccc(C#N)c3)=CC2)CC1. The first-order chi connectivity index (χ1) is 12.7. The minimum atomic E-state index is -3.05. The maximum Gasteiger partial charge on any atom is 0.155 e. The molecule has 0 spiro atoms. The van der Waals surface area contributed by atoms with Gasteiger partial charge in [-0.1, -0.05) is 18.2 Å². The Hall–Kier alpha value is -1.93. The zero-order chi connectivity index (χ0) is 19.7. The Labute approximate surface area is 162 Å². The first-order valence-electron chi connectivity index (χ1n) is 9.70. The quantitative estimate of drug-likeness (QED) is 0.751. The van der Waals surface area contributed by atoms with Gasteiger partial charge in [-0.2, -0.15) is 5.26 Å². The molecule has 0 bridgehead atoms. The maximum atomic E-state index is 12.5. The molecule has 0 atom stereocenters. The van der Waals surface area contributed by atoms with Gasteiger partial charge in [0.05, 0.1) is 27.8 Å². The minimum absolute atomic E-state index is 0.271. The standard InChI is InChI=1S/C22H28N2O2S/c1-22(2,3)27(25,26)15-16-7-9-18(10-8-16)20-11-12-21(24-20)19-6-4-5-17(13-19)14-23/h4-6,12-13,16,18H,7-11,15H2,1-3H3. The van der Waals surface area contributed by atoms with Crippen LogP contribution in [0.1, 0.15) is 64.0 Å². The van der Waals surface area contributed by atoms with Crippen molar-refractivity contribution in [2.45, 2.75) is 57.6 Å². The van der Waals surface area contributed by atoms with Crippen LogP contribution in [-0.4, -0.2) is 24.6 Å². The Kier molecular flexibility index (Phi) is 5.58. The molecule has 1 aliphatic carbocycles. The smallest absolute Gasteiger partial charge is 0.155 e. The van der Waals surface area contributed by atoms with Crippen LogP contribution in [0, 0.1) is 23.2 Å². The van der Waals surface area contributed by atoms with Crippen molar-refractivity contribution in [2.75, 3.05) is 5.75 Å². The highest BCUT2D eigenvalue weighted by Crippen LogP contribution is 2.36. The summed E-state index contributed by atoms with van der Waals surface area (Å²) in [6, 6.07) is 9.74. The first-order valence-corrected chi connectivity index (χ1v) is 11.4. The van der Waals surface area contributed by atoms with E-state index in [1.165, 1.54) is 5.71 Å². The van der Waals surface area contributed by atoms with Gasteiger partial charge in [0.2, 0.25) is 0 Å². The van der Waals surface area contributed by atoms with Crippen LogP contribution in [-0.2, 0) is 9.84 Å². The average molecular weight is 385 g/mol. The molecule has 0 N–H and O–H groups in total. The van der Waals surface area contributed by atoms with E-state index in [4.69, 9.17) is 10.3 Å². The molecule has 3 rings (SSSR count). The lowest BCUT2D eigenvalue weighted by atomic mass is 9.80. The molecule has 0 unspecified atom stereocenters. The second-order valence-electron chi connectivity index (χ2n) is 8.70. The zero-order valence-corrected chi connectivity index (χ0v) is 17.2. The molecule has 144 valence electrons. The van der Waals surface area contributed by atoms with Crippen molar-refractivity contribution in [3.63, 3.8) is 0 Å². The molecule has 27 heavy (non-hydrogen) atoms. The molecule has 5 heteroatoms. The van der Waals surface area contributed by atoms with Crippen LogP contribution in [0.5, 0.6) is 0 Å². The third-order valence-corrected chi connectivity index (χ3v) is 8.54. The van der Waals surface area contributed by atoms with Crippen LogP contribution in [0.15, 0.2) is 35.3 Å². The van der Waals surface area contributed by atoms with Crippen molar-refractivity contribution in [1.29, 1.82) is 5.26 Å². The van der Waals surface area contributed by atoms with Gasteiger partial charge in [0.25, 0.3) is 0 Å². The lowest BCUT2D eigenvalue weighted by molar-refractivity contribution is 0.342. The van der Waals surface area contributed by atoms with E-state index >= 15 is 0 Å². The molecule has 4 nitrogen and oxygen atoms in total. The van der Waals surface area contributed by atoms with E-state index in [0.29, 0.717) is 17.2 Å². The van der Waals surface area contributed by atoms with Crippen LogP contribution in [0.4, 0.5) is 0 Å². The number of rotatable bonds is 4. The van der Waals surface area contributed by atoms with E-state index in [0.717, 1.165) is 43.4 Å². The topological polar surface area (TPSA) is 70.3 Å². The van der Waals surface area contributed by atoms with E-state index < -0.39 is 14.6 Å². The highest BCUT2D eigenvalue weighted by atomic mass is 32.2. The van der Waals surface area contributed by atoms with E-state index in [1.807, 2.05) is 18.2 Å². The molecule has 0 radical (unpaired) electrons. The van der Waals surface area contributed by atoms with Crippen molar-refractivity contribution in [3.05, 3.63) is 41.5 Å². The second-order valence-corrected chi connectivity index (χ2v) is 11.5. The summed E-state index contributed by atoms with van der Waals surface area (Å²) >= 11 is 0. The number of hydrogen-bond donors (Lipinski definition) is 0. The third kappa shape index (κ3) is 4.50. The maximum absolute atomic E-state index is 12.5. The van der Waals surface area contributed by atoms with E-state index in [1.54, 1.807) is 26.8 Å². The van der Waals surface area contributed by atoms with E-state index in [-0.39, 0.29) is 5.92 Å². The first kappa shape index (κ1) is 19.8. The number of hydrogen-bond acceptors (Lipinski definition) is 4. The Morgan fingerprint density at radius 2 is 1.89 bits per heavy atom. The van der Waals surface area contributed by atoms with Crippen molar-refractivity contribution in [3.8, 4) is 6.07 Å². The molecule has 1 aromatic carbocycles. The fraction of sp³-hybridized carbons (Fsp3) is 0.545. The third-order valence-electron chi connectivity index (χ3n) is 5.76. The summed E-state index contributed by atoms with van der Waals surface area (Å²) in [6.07, 6.45) is 6.95. The van der Waals surface area contributed by atoms with Crippen molar-refractivity contribution in [2.24, 2.45) is 16.8 Å². The number of allylic oxidation sites excluding steroid dienone is 1. The number of nitrogens with zero attached hydrogens (tertiary/aromatic N) is 2. The van der Waals surface area contributed by atoms with Crippen LogP contribution in [0.3, 0.4) is 0 Å². The van der Waals surface area contributed by atoms with Gasteiger partial charge in [-0.15, -0.1) is 0 Å². The lowest BCUT2D eigenvalue weighted by Crippen LogP contribution is -2.34. The zero-order valence-electron chi connectivity index (χ0n) is 16.4. The van der Waals surface area contributed by atoms with E-state index in [2.05, 4.69) is 12.1 Å². The molecule has 1 aliphatic heterocycles. The molecule has 1 saturated carbocycles. The number of sulfone groups is 1. The summed E-state index contributed by atoms with van der Waals surface area (Å²) in [4.78, 5) is 4.85. The Balaban J connectivity index is 1.60. The van der Waals surface area contributed by atoms with Crippen LogP contribution < -0.4 is 0 Å². The Bertz CT molecular complexity index is 906. The summed E-state index contributed by atoms with van der Waals surface area (Å²) < 4.78 is 24.2. The summed E-state index contributed by atoms with van der Waals surface area (Å²) in [5.74, 6) is 1.03. The van der Waals surface area contributed by atoms with Crippen LogP contribution in [0.25, 0.3) is 5.70 Å². The summed E-state index contributed by atoms with van der Waals surface area (Å²) in [6.45, 7) is 5.36. The highest BCUT2D eigenvalue weighted by Gasteiger charge is 2.34. The predicted octanol–water partition coefficient (Wildman–Crippen LogP) is 4.76. The Morgan fingerprint density at radius 3 is 2.52 bits per heavy atom. The molecule has 1 heterocycles. The fourth-order valence-corrected chi connectivity index (χ4v) is 5.31. The number of benzene rings is 1. The molecule has 0 saturated heterocycles. The molecule has 2 aliphatic rings. The van der Waals surface area contributed by atoms with Gasteiger partial charge in [0.1, 0.15) is 0 Å². The fourth-order valence-electron chi connectivity index (χ4n) is 3.86. The molecule has 0 amide bonds. The summed E-state index contributed by atoms with van der Waals surface area (Å²) in [5.41, 5.74) is 3.82. The summed E-state index contributed by atoms with van der Waals surface area (Å²) in [7, 11) is -3.05. The normalized spacial score (nSPS) is 23.5.